The number of benzene rings is 2. The van der Waals surface area contributed by atoms with Crippen molar-refractivity contribution in [3.63, 3.8) is 0 Å². The van der Waals surface area contributed by atoms with Crippen LogP contribution in [0.4, 0.5) is 20.4 Å². The largest absolute Gasteiger partial charge is 0.350 e. The molecule has 0 amide bonds. The van der Waals surface area contributed by atoms with Gasteiger partial charge >= 0.3 is 5.69 Å². The summed E-state index contributed by atoms with van der Waals surface area (Å²) in [6.07, 6.45) is 0. The summed E-state index contributed by atoms with van der Waals surface area (Å²) in [6, 6.07) is 12.7. The van der Waals surface area contributed by atoms with E-state index < -0.39 is 23.0 Å². The van der Waals surface area contributed by atoms with Gasteiger partial charge in [0.1, 0.15) is 17.3 Å². The number of nitrogens with one attached hydrogen (secondary N) is 2. The second-order valence-electron chi connectivity index (χ2n) is 5.78. The Morgan fingerprint density at radius 2 is 1.81 bits per heavy atom. The Labute approximate surface area is 146 Å². The predicted octanol–water partition coefficient (Wildman–Crippen LogP) is 3.41. The fraction of sp³-hybridized carbons (Fsp3) is 0.0556. The normalized spacial score (nSPS) is 11.0. The molecule has 6 nitrogen and oxygen atoms in total. The molecule has 0 spiro atoms. The van der Waals surface area contributed by atoms with Gasteiger partial charge in [-0.2, -0.15) is 5.10 Å². The van der Waals surface area contributed by atoms with Gasteiger partial charge in [0, 0.05) is 11.6 Å². The van der Waals surface area contributed by atoms with Gasteiger partial charge in [-0.25, -0.2) is 28.1 Å². The highest BCUT2D eigenvalue weighted by Gasteiger charge is 2.15. The summed E-state index contributed by atoms with van der Waals surface area (Å²) in [5, 5.41) is 8.82. The van der Waals surface area contributed by atoms with Crippen LogP contribution in [0.25, 0.3) is 16.9 Å². The van der Waals surface area contributed by atoms with Crippen molar-refractivity contribution in [2.24, 2.45) is 0 Å². The Balaban J connectivity index is 1.93. The zero-order chi connectivity index (χ0) is 18.3. The minimum absolute atomic E-state index is 0.0400. The van der Waals surface area contributed by atoms with Crippen LogP contribution >= 0.6 is 0 Å². The maximum Gasteiger partial charge on any atom is 0.350 e. The second kappa shape index (κ2) is 6.07. The van der Waals surface area contributed by atoms with Crippen LogP contribution in [-0.2, 0) is 0 Å². The van der Waals surface area contributed by atoms with Crippen LogP contribution in [-0.4, -0.2) is 19.6 Å². The van der Waals surface area contributed by atoms with Gasteiger partial charge in [0.2, 0.25) is 5.95 Å². The van der Waals surface area contributed by atoms with Crippen LogP contribution < -0.4 is 11.0 Å². The lowest BCUT2D eigenvalue weighted by molar-refractivity contribution is 0.590. The van der Waals surface area contributed by atoms with Crippen molar-refractivity contribution < 1.29 is 8.78 Å². The summed E-state index contributed by atoms with van der Waals surface area (Å²) in [7, 11) is 0. The molecule has 0 atom stereocenters. The smallest absolute Gasteiger partial charge is 0.320 e. The molecule has 0 aliphatic rings. The molecule has 2 aromatic heterocycles. The number of aromatic amines is 1. The highest BCUT2D eigenvalue weighted by molar-refractivity contribution is 5.68. The van der Waals surface area contributed by atoms with Crippen LogP contribution in [0.3, 0.4) is 0 Å². The number of anilines is 2. The second-order valence-corrected chi connectivity index (χ2v) is 5.78. The lowest BCUT2D eigenvalue weighted by Crippen LogP contribution is -2.15. The van der Waals surface area contributed by atoms with E-state index in [2.05, 4.69) is 20.5 Å². The Hall–Kier alpha value is -3.55. The quantitative estimate of drug-likeness (QED) is 0.592. The number of H-pyrrole nitrogens is 1. The maximum absolute atomic E-state index is 14.0. The summed E-state index contributed by atoms with van der Waals surface area (Å²) < 4.78 is 29.1. The first kappa shape index (κ1) is 15.9. The third kappa shape index (κ3) is 2.71. The number of hydrogen-bond acceptors (Lipinski definition) is 4. The number of aromatic nitrogens is 4. The molecule has 2 heterocycles. The predicted molar refractivity (Wildman–Crippen MR) is 93.4 cm³/mol. The Kier molecular flexibility index (Phi) is 3.72. The summed E-state index contributed by atoms with van der Waals surface area (Å²) >= 11 is 0. The molecule has 8 heteroatoms. The van der Waals surface area contributed by atoms with Crippen LogP contribution in [0, 0.1) is 18.6 Å². The van der Waals surface area contributed by atoms with Crippen molar-refractivity contribution in [3.05, 3.63) is 76.2 Å². The summed E-state index contributed by atoms with van der Waals surface area (Å²) in [5.41, 5.74) is 1.65. The average molecular weight is 353 g/mol. The Morgan fingerprint density at radius 1 is 1.08 bits per heavy atom. The molecule has 0 saturated heterocycles. The summed E-state index contributed by atoms with van der Waals surface area (Å²) in [5.74, 6) is -1.63. The molecule has 0 aliphatic heterocycles. The zero-order valence-electron chi connectivity index (χ0n) is 13.6. The molecule has 2 aromatic carbocycles. The molecule has 2 N–H and O–H groups in total. The standard InChI is InChI=1S/C18H13F2N5O/c1-10-4-2-5-11(8-10)14-9-15-23-24-18(26)25(15)17(21-14)22-16-12(19)6-3-7-13(16)20/h2-9H,1H3,(H,21,22)(H,24,26). The fourth-order valence-corrected chi connectivity index (χ4v) is 2.69. The third-order valence-corrected chi connectivity index (χ3v) is 3.92. The molecule has 0 unspecified atom stereocenters. The number of hydrogen-bond donors (Lipinski definition) is 2. The number of nitrogens with zero attached hydrogens (tertiary/aromatic N) is 3. The number of rotatable bonds is 3. The number of fused-ring (bicyclic) bond motifs is 1. The van der Waals surface area contributed by atoms with Gasteiger partial charge in [-0.1, -0.05) is 29.8 Å². The van der Waals surface area contributed by atoms with Gasteiger partial charge < -0.3 is 5.32 Å². The minimum Gasteiger partial charge on any atom is -0.320 e. The van der Waals surface area contributed by atoms with Crippen molar-refractivity contribution in [1.29, 1.82) is 0 Å². The highest BCUT2D eigenvalue weighted by Crippen LogP contribution is 2.25. The van der Waals surface area contributed by atoms with Crippen molar-refractivity contribution in [1.82, 2.24) is 19.6 Å². The number of para-hydroxylation sites is 1. The molecule has 4 aromatic rings. The molecular formula is C18H13F2N5O. The van der Waals surface area contributed by atoms with E-state index in [-0.39, 0.29) is 11.6 Å². The van der Waals surface area contributed by atoms with E-state index in [1.165, 1.54) is 6.07 Å². The maximum atomic E-state index is 14.0. The lowest BCUT2D eigenvalue weighted by atomic mass is 10.1. The van der Waals surface area contributed by atoms with Crippen LogP contribution in [0.1, 0.15) is 5.56 Å². The first-order valence-electron chi connectivity index (χ1n) is 7.79. The van der Waals surface area contributed by atoms with Gasteiger partial charge in [-0.05, 0) is 25.1 Å². The van der Waals surface area contributed by atoms with Crippen molar-refractivity contribution in [3.8, 4) is 11.3 Å². The van der Waals surface area contributed by atoms with E-state index >= 15 is 0 Å². The Bertz CT molecular complexity index is 1160. The first-order valence-corrected chi connectivity index (χ1v) is 7.79. The lowest BCUT2D eigenvalue weighted by Gasteiger charge is -2.11. The van der Waals surface area contributed by atoms with Gasteiger partial charge in [0.05, 0.1) is 5.69 Å². The topological polar surface area (TPSA) is 75.1 Å². The van der Waals surface area contributed by atoms with Gasteiger partial charge in [0.15, 0.2) is 5.65 Å². The SMILES string of the molecule is Cc1cccc(-c2cc3n[nH]c(=O)n3c(Nc3c(F)cccc3F)n2)c1. The molecule has 0 bridgehead atoms. The molecule has 130 valence electrons. The molecule has 0 saturated carbocycles. The van der Waals surface area contributed by atoms with Crippen LogP contribution in [0.2, 0.25) is 0 Å². The Morgan fingerprint density at radius 3 is 2.54 bits per heavy atom. The number of halogens is 2. The molecule has 0 radical (unpaired) electrons. The van der Waals surface area contributed by atoms with Gasteiger partial charge in [0.25, 0.3) is 0 Å². The summed E-state index contributed by atoms with van der Waals surface area (Å²) in [4.78, 5) is 16.4. The number of aryl methyl sites for hydroxylation is 1. The summed E-state index contributed by atoms with van der Waals surface area (Å²) in [6.45, 7) is 1.94. The molecular weight excluding hydrogens is 340 g/mol. The van der Waals surface area contributed by atoms with E-state index in [0.29, 0.717) is 5.69 Å². The van der Waals surface area contributed by atoms with Crippen LogP contribution in [0.15, 0.2) is 53.3 Å². The molecule has 26 heavy (non-hydrogen) atoms. The van der Waals surface area contributed by atoms with Crippen molar-refractivity contribution >= 4 is 17.3 Å². The molecule has 0 fully saturated rings. The van der Waals surface area contributed by atoms with E-state index in [0.717, 1.165) is 27.7 Å². The van der Waals surface area contributed by atoms with E-state index in [1.807, 2.05) is 31.2 Å². The average Bonchev–Trinajstić information content (AvgIpc) is 2.99. The van der Waals surface area contributed by atoms with Crippen molar-refractivity contribution in [2.75, 3.05) is 5.32 Å². The first-order chi connectivity index (χ1) is 12.5. The third-order valence-electron chi connectivity index (χ3n) is 3.92. The van der Waals surface area contributed by atoms with Gasteiger partial charge in [-0.15, -0.1) is 0 Å². The fourth-order valence-electron chi connectivity index (χ4n) is 2.69. The van der Waals surface area contributed by atoms with Crippen molar-refractivity contribution in [2.45, 2.75) is 6.92 Å². The van der Waals surface area contributed by atoms with Crippen LogP contribution in [0.5, 0.6) is 0 Å². The molecule has 4 rings (SSSR count). The van der Waals surface area contributed by atoms with E-state index in [4.69, 9.17) is 0 Å². The van der Waals surface area contributed by atoms with E-state index in [9.17, 15) is 13.6 Å². The molecule has 0 aliphatic carbocycles. The van der Waals surface area contributed by atoms with E-state index in [1.54, 1.807) is 6.07 Å². The highest BCUT2D eigenvalue weighted by atomic mass is 19.1. The van der Waals surface area contributed by atoms with Gasteiger partial charge in [-0.3, -0.25) is 0 Å². The monoisotopic (exact) mass is 353 g/mol. The minimum atomic E-state index is -0.794. The zero-order valence-corrected chi connectivity index (χ0v) is 13.6.